The third-order valence-corrected chi connectivity index (χ3v) is 3.04. The van der Waals surface area contributed by atoms with Gasteiger partial charge in [0.05, 0.1) is 5.52 Å². The maximum absolute atomic E-state index is 11.9. The van der Waals surface area contributed by atoms with E-state index in [0.29, 0.717) is 22.8 Å². The van der Waals surface area contributed by atoms with Crippen LogP contribution in [0.2, 0.25) is 0 Å². The van der Waals surface area contributed by atoms with Crippen molar-refractivity contribution in [3.05, 3.63) is 47.7 Å². The molecule has 0 saturated heterocycles. The fraction of sp³-hybridized carbons (Fsp3) is 0.133. The van der Waals surface area contributed by atoms with Crippen molar-refractivity contribution in [1.82, 2.24) is 4.57 Å². The highest BCUT2D eigenvalue weighted by molar-refractivity contribution is 6.06. The van der Waals surface area contributed by atoms with Crippen LogP contribution in [0.25, 0.3) is 10.9 Å². The average Bonchev–Trinajstić information content (AvgIpc) is 2.82. The van der Waals surface area contributed by atoms with E-state index in [4.69, 9.17) is 5.11 Å². The molecule has 0 aliphatic rings. The van der Waals surface area contributed by atoms with Crippen LogP contribution < -0.4 is 0 Å². The average molecular weight is 271 g/mol. The molecule has 5 heteroatoms. The van der Waals surface area contributed by atoms with Gasteiger partial charge in [-0.1, -0.05) is 13.0 Å². The summed E-state index contributed by atoms with van der Waals surface area (Å²) in [6.45, 7) is 2.00. The molecule has 0 radical (unpaired) electrons. The number of aldehydes is 1. The second-order valence-electron chi connectivity index (χ2n) is 4.29. The van der Waals surface area contributed by atoms with Crippen molar-refractivity contribution in [2.75, 3.05) is 0 Å². The molecule has 1 heterocycles. The molecule has 20 heavy (non-hydrogen) atoms. The Kier molecular flexibility index (Phi) is 3.79. The molecule has 0 saturated carbocycles. The molecular formula is C15H13NO4. The van der Waals surface area contributed by atoms with Crippen LogP contribution in [0.4, 0.5) is 0 Å². The second-order valence-corrected chi connectivity index (χ2v) is 4.29. The molecule has 0 atom stereocenters. The molecule has 0 aliphatic heterocycles. The van der Waals surface area contributed by atoms with Gasteiger partial charge in [-0.05, 0) is 24.1 Å². The Labute approximate surface area is 115 Å². The first-order valence-electron chi connectivity index (χ1n) is 6.11. The highest BCUT2D eigenvalue weighted by Gasteiger charge is 2.12. The van der Waals surface area contributed by atoms with Crippen LogP contribution in [-0.2, 0) is 11.2 Å². The Morgan fingerprint density at radius 3 is 2.65 bits per heavy atom. The van der Waals surface area contributed by atoms with E-state index in [9.17, 15) is 14.4 Å². The van der Waals surface area contributed by atoms with Gasteiger partial charge in [0, 0.05) is 29.3 Å². The largest absolute Gasteiger partial charge is 0.478 e. The second kappa shape index (κ2) is 5.52. The number of hydrogen-bond acceptors (Lipinski definition) is 3. The highest BCUT2D eigenvalue weighted by atomic mass is 16.4. The van der Waals surface area contributed by atoms with E-state index in [2.05, 4.69) is 0 Å². The van der Waals surface area contributed by atoms with E-state index in [1.165, 1.54) is 10.8 Å². The van der Waals surface area contributed by atoms with Gasteiger partial charge in [-0.2, -0.15) is 0 Å². The molecule has 0 amide bonds. The predicted molar refractivity (Wildman–Crippen MR) is 74.1 cm³/mol. The van der Waals surface area contributed by atoms with Gasteiger partial charge < -0.3 is 5.11 Å². The standard InChI is InChI=1S/C15H13NO4/c1-2-10-3-4-13-12(7-10)11(9-17)8-16(13)14(18)5-6-15(19)20/h3-9H,2H2,1H3,(H,19,20)/b6-5+. The Morgan fingerprint density at radius 2 is 2.05 bits per heavy atom. The van der Waals surface area contributed by atoms with E-state index in [1.807, 2.05) is 19.1 Å². The number of nitrogens with zero attached hydrogens (tertiary/aromatic N) is 1. The first kappa shape index (κ1) is 13.7. The number of rotatable bonds is 4. The van der Waals surface area contributed by atoms with Crippen molar-refractivity contribution in [3.63, 3.8) is 0 Å². The van der Waals surface area contributed by atoms with Crippen molar-refractivity contribution in [2.24, 2.45) is 0 Å². The van der Waals surface area contributed by atoms with Gasteiger partial charge in [-0.3, -0.25) is 14.2 Å². The molecule has 1 N–H and O–H groups in total. The Morgan fingerprint density at radius 1 is 1.30 bits per heavy atom. The van der Waals surface area contributed by atoms with Gasteiger partial charge in [0.2, 0.25) is 0 Å². The Hall–Kier alpha value is -2.69. The van der Waals surface area contributed by atoms with Crippen molar-refractivity contribution < 1.29 is 19.5 Å². The fourth-order valence-electron chi connectivity index (χ4n) is 2.02. The summed E-state index contributed by atoms with van der Waals surface area (Å²) in [7, 11) is 0. The van der Waals surface area contributed by atoms with Crippen LogP contribution in [0.3, 0.4) is 0 Å². The maximum Gasteiger partial charge on any atom is 0.328 e. The summed E-state index contributed by atoms with van der Waals surface area (Å²) in [5.74, 6) is -1.70. The summed E-state index contributed by atoms with van der Waals surface area (Å²) in [6, 6.07) is 5.50. The van der Waals surface area contributed by atoms with Crippen LogP contribution in [0.15, 0.2) is 36.5 Å². The third kappa shape index (κ3) is 2.51. The summed E-state index contributed by atoms with van der Waals surface area (Å²) < 4.78 is 1.28. The normalized spacial score (nSPS) is 11.1. The number of aryl methyl sites for hydroxylation is 1. The molecule has 0 unspecified atom stereocenters. The summed E-state index contributed by atoms with van der Waals surface area (Å²) >= 11 is 0. The van der Waals surface area contributed by atoms with Crippen molar-refractivity contribution in [2.45, 2.75) is 13.3 Å². The molecule has 102 valence electrons. The van der Waals surface area contributed by atoms with Crippen LogP contribution in [0.5, 0.6) is 0 Å². The first-order chi connectivity index (χ1) is 9.56. The first-order valence-corrected chi connectivity index (χ1v) is 6.11. The predicted octanol–water partition coefficient (Wildman–Crippen LogP) is 2.30. The lowest BCUT2D eigenvalue weighted by Gasteiger charge is -2.01. The summed E-state index contributed by atoms with van der Waals surface area (Å²) in [6.07, 6.45) is 4.67. The minimum absolute atomic E-state index is 0.410. The number of hydrogen-bond donors (Lipinski definition) is 1. The van der Waals surface area contributed by atoms with Crippen molar-refractivity contribution >= 4 is 29.1 Å². The van der Waals surface area contributed by atoms with Gasteiger partial charge in [-0.15, -0.1) is 0 Å². The number of benzene rings is 1. The van der Waals surface area contributed by atoms with Gasteiger partial charge >= 0.3 is 5.97 Å². The number of carboxylic acids is 1. The van der Waals surface area contributed by atoms with Gasteiger partial charge in [0.25, 0.3) is 5.91 Å². The minimum Gasteiger partial charge on any atom is -0.478 e. The summed E-state index contributed by atoms with van der Waals surface area (Å²) in [4.78, 5) is 33.5. The molecule has 2 aromatic rings. The monoisotopic (exact) mass is 271 g/mol. The molecule has 0 spiro atoms. The SMILES string of the molecule is CCc1ccc2c(c1)c(C=O)cn2C(=O)/C=C/C(=O)O. The number of aromatic nitrogens is 1. The number of allylic oxidation sites excluding steroid dienone is 1. The zero-order valence-corrected chi connectivity index (χ0v) is 10.9. The lowest BCUT2D eigenvalue weighted by Crippen LogP contribution is -2.06. The number of fused-ring (bicyclic) bond motifs is 1. The lowest BCUT2D eigenvalue weighted by atomic mass is 10.1. The molecule has 5 nitrogen and oxygen atoms in total. The molecule has 0 bridgehead atoms. The smallest absolute Gasteiger partial charge is 0.328 e. The van der Waals surface area contributed by atoms with Crippen molar-refractivity contribution in [3.8, 4) is 0 Å². The van der Waals surface area contributed by atoms with Crippen LogP contribution in [-0.4, -0.2) is 27.8 Å². The highest BCUT2D eigenvalue weighted by Crippen LogP contribution is 2.22. The molecule has 0 aliphatic carbocycles. The van der Waals surface area contributed by atoms with E-state index < -0.39 is 11.9 Å². The van der Waals surface area contributed by atoms with Crippen LogP contribution in [0.1, 0.15) is 27.6 Å². The number of carboxylic acid groups (broad SMARTS) is 1. The third-order valence-electron chi connectivity index (χ3n) is 3.04. The maximum atomic E-state index is 11.9. The zero-order valence-electron chi connectivity index (χ0n) is 10.9. The van der Waals surface area contributed by atoms with E-state index in [-0.39, 0.29) is 0 Å². The summed E-state index contributed by atoms with van der Waals surface area (Å²) in [5, 5.41) is 9.23. The van der Waals surface area contributed by atoms with E-state index in [0.717, 1.165) is 24.1 Å². The van der Waals surface area contributed by atoms with Crippen LogP contribution >= 0.6 is 0 Å². The molecule has 1 aromatic carbocycles. The van der Waals surface area contributed by atoms with Gasteiger partial charge in [0.1, 0.15) is 0 Å². The molecule has 1 aromatic heterocycles. The van der Waals surface area contributed by atoms with Crippen LogP contribution in [0, 0.1) is 0 Å². The number of carbonyl (C=O) groups excluding carboxylic acids is 2. The molecule has 0 fully saturated rings. The van der Waals surface area contributed by atoms with Gasteiger partial charge in [-0.25, -0.2) is 4.79 Å². The quantitative estimate of drug-likeness (QED) is 0.683. The number of aliphatic carboxylic acids is 1. The fourth-order valence-corrected chi connectivity index (χ4v) is 2.02. The van der Waals surface area contributed by atoms with Crippen molar-refractivity contribution in [1.29, 1.82) is 0 Å². The van der Waals surface area contributed by atoms with Gasteiger partial charge in [0.15, 0.2) is 6.29 Å². The molecule has 2 rings (SSSR count). The lowest BCUT2D eigenvalue weighted by molar-refractivity contribution is -0.131. The van der Waals surface area contributed by atoms with E-state index in [1.54, 1.807) is 6.07 Å². The zero-order chi connectivity index (χ0) is 14.7. The van der Waals surface area contributed by atoms with E-state index >= 15 is 0 Å². The minimum atomic E-state index is -1.20. The Balaban J connectivity index is 2.57. The number of carbonyl (C=O) groups is 3. The topological polar surface area (TPSA) is 76.4 Å². The Bertz CT molecular complexity index is 725. The summed E-state index contributed by atoms with van der Waals surface area (Å²) in [5.41, 5.74) is 2.06. The molecular weight excluding hydrogens is 258 g/mol.